The van der Waals surface area contributed by atoms with Gasteiger partial charge in [-0.15, -0.1) is 11.3 Å². The Balaban J connectivity index is 1.62. The largest absolute Gasteiger partial charge is 0.486 e. The molecule has 0 radical (unpaired) electrons. The van der Waals surface area contributed by atoms with Crippen molar-refractivity contribution in [2.24, 2.45) is 0 Å². The summed E-state index contributed by atoms with van der Waals surface area (Å²) in [7, 11) is 1.78. The molecule has 2 heterocycles. The molecule has 3 aromatic rings. The normalized spacial score (nSPS) is 10.8. The Labute approximate surface area is 162 Å². The number of halogens is 1. The van der Waals surface area contributed by atoms with E-state index in [-0.39, 0.29) is 18.3 Å². The third-order valence-electron chi connectivity index (χ3n) is 4.35. The fourth-order valence-corrected chi connectivity index (χ4v) is 3.65. The molecule has 1 aromatic carbocycles. The van der Waals surface area contributed by atoms with Crippen LogP contribution in [0.25, 0.3) is 0 Å². The third-order valence-corrected chi connectivity index (χ3v) is 5.32. The van der Waals surface area contributed by atoms with Gasteiger partial charge in [-0.2, -0.15) is 5.10 Å². The molecule has 2 aromatic heterocycles. The zero-order chi connectivity index (χ0) is 19.4. The summed E-state index contributed by atoms with van der Waals surface area (Å²) < 4.78 is 21.0. The topological polar surface area (TPSA) is 47.4 Å². The van der Waals surface area contributed by atoms with Crippen molar-refractivity contribution in [2.75, 3.05) is 7.05 Å². The Morgan fingerprint density at radius 3 is 2.85 bits per heavy atom. The zero-order valence-electron chi connectivity index (χ0n) is 15.6. The maximum Gasteiger partial charge on any atom is 0.263 e. The van der Waals surface area contributed by atoms with Crippen molar-refractivity contribution < 1.29 is 13.9 Å². The van der Waals surface area contributed by atoms with Crippen LogP contribution in [0.5, 0.6) is 5.75 Å². The highest BCUT2D eigenvalue weighted by Crippen LogP contribution is 2.21. The molecule has 3 rings (SSSR count). The van der Waals surface area contributed by atoms with Crippen LogP contribution in [0.4, 0.5) is 4.39 Å². The minimum Gasteiger partial charge on any atom is -0.486 e. The van der Waals surface area contributed by atoms with Gasteiger partial charge < -0.3 is 9.64 Å². The number of aryl methyl sites for hydroxylation is 1. The van der Waals surface area contributed by atoms with Crippen molar-refractivity contribution in [3.05, 3.63) is 69.4 Å². The van der Waals surface area contributed by atoms with Crippen LogP contribution in [0.15, 0.2) is 41.9 Å². The average Bonchev–Trinajstić information content (AvgIpc) is 3.27. The monoisotopic (exact) mass is 387 g/mol. The summed E-state index contributed by atoms with van der Waals surface area (Å²) in [4.78, 5) is 15.0. The number of carbonyl (C=O) groups is 1. The molecule has 0 aliphatic rings. The molecule has 0 unspecified atom stereocenters. The lowest BCUT2D eigenvalue weighted by Crippen LogP contribution is -2.25. The summed E-state index contributed by atoms with van der Waals surface area (Å²) in [6.07, 6.45) is 1.81. The van der Waals surface area contributed by atoms with Crippen LogP contribution in [-0.4, -0.2) is 27.6 Å². The molecule has 0 aliphatic carbocycles. The minimum absolute atomic E-state index is 0.0548. The van der Waals surface area contributed by atoms with E-state index >= 15 is 0 Å². The first-order valence-electron chi connectivity index (χ1n) is 8.71. The molecule has 1 amide bonds. The fraction of sp³-hybridized carbons (Fsp3) is 0.300. The van der Waals surface area contributed by atoms with Crippen molar-refractivity contribution in [1.29, 1.82) is 0 Å². The van der Waals surface area contributed by atoms with E-state index in [1.54, 1.807) is 36.2 Å². The third kappa shape index (κ3) is 4.36. The molecule has 142 valence electrons. The number of hydrogen-bond donors (Lipinski definition) is 0. The van der Waals surface area contributed by atoms with Crippen LogP contribution in [0.3, 0.4) is 0 Å². The smallest absolute Gasteiger partial charge is 0.263 e. The van der Waals surface area contributed by atoms with E-state index in [0.29, 0.717) is 11.4 Å². The second kappa shape index (κ2) is 8.35. The molecule has 0 saturated carbocycles. The van der Waals surface area contributed by atoms with E-state index in [1.165, 1.54) is 17.4 Å². The van der Waals surface area contributed by atoms with Gasteiger partial charge in [-0.1, -0.05) is 12.1 Å². The fourth-order valence-electron chi connectivity index (χ4n) is 2.76. The highest BCUT2D eigenvalue weighted by Gasteiger charge is 2.17. The van der Waals surface area contributed by atoms with Gasteiger partial charge in [0.1, 0.15) is 6.61 Å². The molecular weight excluding hydrogens is 365 g/mol. The molecule has 0 spiro atoms. The number of rotatable bonds is 7. The van der Waals surface area contributed by atoms with Crippen molar-refractivity contribution in [3.8, 4) is 5.75 Å². The SMILES string of the molecule is CCn1ncc(CN(C)C(=O)c2cc(COc3ccccc3F)cs2)c1C. The molecule has 7 heteroatoms. The van der Waals surface area contributed by atoms with Gasteiger partial charge in [0.25, 0.3) is 5.91 Å². The lowest BCUT2D eigenvalue weighted by atomic mass is 10.2. The lowest BCUT2D eigenvalue weighted by Gasteiger charge is -2.16. The summed E-state index contributed by atoms with van der Waals surface area (Å²) in [6.45, 7) is 5.57. The first kappa shape index (κ1) is 19.1. The summed E-state index contributed by atoms with van der Waals surface area (Å²) in [5.74, 6) is -0.246. The summed E-state index contributed by atoms with van der Waals surface area (Å²) in [6, 6.07) is 8.08. The molecule has 5 nitrogen and oxygen atoms in total. The number of thiophene rings is 1. The van der Waals surface area contributed by atoms with Crippen molar-refractivity contribution in [3.63, 3.8) is 0 Å². The van der Waals surface area contributed by atoms with Gasteiger partial charge in [-0.25, -0.2) is 4.39 Å². The Hall–Kier alpha value is -2.67. The van der Waals surface area contributed by atoms with Gasteiger partial charge in [-0.05, 0) is 37.4 Å². The molecular formula is C20H22FN3O2S. The van der Waals surface area contributed by atoms with Crippen molar-refractivity contribution in [2.45, 2.75) is 33.5 Å². The summed E-state index contributed by atoms with van der Waals surface area (Å²) in [5.41, 5.74) is 2.95. The summed E-state index contributed by atoms with van der Waals surface area (Å²) in [5, 5.41) is 6.18. The van der Waals surface area contributed by atoms with E-state index in [0.717, 1.165) is 23.4 Å². The number of aromatic nitrogens is 2. The van der Waals surface area contributed by atoms with Crippen LogP contribution < -0.4 is 4.74 Å². The molecule has 0 saturated heterocycles. The van der Waals surface area contributed by atoms with Crippen molar-refractivity contribution in [1.82, 2.24) is 14.7 Å². The number of amides is 1. The van der Waals surface area contributed by atoms with Gasteiger partial charge >= 0.3 is 0 Å². The lowest BCUT2D eigenvalue weighted by molar-refractivity contribution is 0.0789. The Morgan fingerprint density at radius 2 is 2.15 bits per heavy atom. The molecule has 0 bridgehead atoms. The average molecular weight is 387 g/mol. The highest BCUT2D eigenvalue weighted by molar-refractivity contribution is 7.12. The van der Waals surface area contributed by atoms with Crippen LogP contribution in [0.1, 0.15) is 33.4 Å². The number of hydrogen-bond acceptors (Lipinski definition) is 4. The van der Waals surface area contributed by atoms with E-state index < -0.39 is 5.82 Å². The molecule has 0 aliphatic heterocycles. The Morgan fingerprint density at radius 1 is 1.37 bits per heavy atom. The van der Waals surface area contributed by atoms with Crippen molar-refractivity contribution >= 4 is 17.2 Å². The standard InChI is InChI=1S/C20H22FN3O2S/c1-4-24-14(2)16(10-22-24)11-23(3)20(25)19-9-15(13-27-19)12-26-18-8-6-5-7-17(18)21/h5-10,13H,4,11-12H2,1-3H3. The second-order valence-corrected chi connectivity index (χ2v) is 7.18. The number of para-hydroxylation sites is 1. The first-order chi connectivity index (χ1) is 13.0. The van der Waals surface area contributed by atoms with Crippen LogP contribution in [0.2, 0.25) is 0 Å². The van der Waals surface area contributed by atoms with E-state index in [1.807, 2.05) is 30.1 Å². The van der Waals surface area contributed by atoms with E-state index in [2.05, 4.69) is 5.10 Å². The molecule has 0 fully saturated rings. The van der Waals surface area contributed by atoms with Gasteiger partial charge in [0.05, 0.1) is 11.1 Å². The Bertz CT molecular complexity index is 935. The van der Waals surface area contributed by atoms with E-state index in [4.69, 9.17) is 4.74 Å². The second-order valence-electron chi connectivity index (χ2n) is 6.27. The number of nitrogens with zero attached hydrogens (tertiary/aromatic N) is 3. The number of benzene rings is 1. The van der Waals surface area contributed by atoms with Crippen LogP contribution in [-0.2, 0) is 19.7 Å². The Kier molecular flexibility index (Phi) is 5.91. The van der Waals surface area contributed by atoms with Crippen LogP contribution in [0, 0.1) is 12.7 Å². The van der Waals surface area contributed by atoms with Crippen LogP contribution >= 0.6 is 11.3 Å². The van der Waals surface area contributed by atoms with E-state index in [9.17, 15) is 9.18 Å². The highest BCUT2D eigenvalue weighted by atomic mass is 32.1. The van der Waals surface area contributed by atoms with Gasteiger partial charge in [0.2, 0.25) is 0 Å². The van der Waals surface area contributed by atoms with Gasteiger partial charge in [-0.3, -0.25) is 9.48 Å². The number of ether oxygens (including phenoxy) is 1. The minimum atomic E-state index is -0.397. The van der Waals surface area contributed by atoms with Gasteiger partial charge in [0, 0.05) is 37.0 Å². The maximum absolute atomic E-state index is 13.6. The quantitative estimate of drug-likeness (QED) is 0.608. The molecule has 0 atom stereocenters. The molecule has 27 heavy (non-hydrogen) atoms. The maximum atomic E-state index is 13.6. The number of carbonyl (C=O) groups excluding carboxylic acids is 1. The summed E-state index contributed by atoms with van der Waals surface area (Å²) >= 11 is 1.36. The first-order valence-corrected chi connectivity index (χ1v) is 9.59. The predicted octanol–water partition coefficient (Wildman–Crippen LogP) is 4.26. The molecule has 0 N–H and O–H groups in total. The van der Waals surface area contributed by atoms with Gasteiger partial charge in [0.15, 0.2) is 11.6 Å². The predicted molar refractivity (Wildman–Crippen MR) is 103 cm³/mol. The zero-order valence-corrected chi connectivity index (χ0v) is 16.4.